The van der Waals surface area contributed by atoms with Gasteiger partial charge in [0.05, 0.1) is 12.3 Å². The monoisotopic (exact) mass is 402 g/mol. The molecule has 3 rings (SSSR count). The van der Waals surface area contributed by atoms with Crippen LogP contribution in [0.3, 0.4) is 0 Å². The number of rotatable bonds is 7. The topological polar surface area (TPSA) is 65.1 Å². The summed E-state index contributed by atoms with van der Waals surface area (Å²) in [4.78, 5) is 30.6. The Hall–Kier alpha value is -2.28. The maximum atomic E-state index is 12.9. The van der Waals surface area contributed by atoms with Crippen LogP contribution in [0.4, 0.5) is 5.69 Å². The largest absolute Gasteiger partial charge is 0.492 e. The zero-order chi connectivity index (χ0) is 20.8. The van der Waals surface area contributed by atoms with Gasteiger partial charge in [0, 0.05) is 58.2 Å². The predicted octanol–water partition coefficient (Wildman–Crippen LogP) is 1.72. The summed E-state index contributed by atoms with van der Waals surface area (Å²) in [6.07, 6.45) is 2.59. The summed E-state index contributed by atoms with van der Waals surface area (Å²) >= 11 is 0. The van der Waals surface area contributed by atoms with Crippen molar-refractivity contribution in [1.29, 1.82) is 0 Å². The number of carbonyl (C=O) groups is 2. The summed E-state index contributed by atoms with van der Waals surface area (Å²) in [5, 5.41) is 2.90. The molecule has 160 valence electrons. The minimum absolute atomic E-state index is 0.00158. The van der Waals surface area contributed by atoms with Crippen LogP contribution < -0.4 is 15.0 Å². The highest BCUT2D eigenvalue weighted by Gasteiger charge is 2.33. The first-order chi connectivity index (χ1) is 14.0. The minimum atomic E-state index is 0.00158. The maximum absolute atomic E-state index is 12.9. The minimum Gasteiger partial charge on any atom is -0.492 e. The van der Waals surface area contributed by atoms with Crippen LogP contribution in [0.2, 0.25) is 0 Å². The Bertz CT molecular complexity index is 703. The van der Waals surface area contributed by atoms with E-state index in [1.54, 1.807) is 6.92 Å². The number of nitrogens with zero attached hydrogens (tertiary/aromatic N) is 3. The lowest BCUT2D eigenvalue weighted by Crippen LogP contribution is -2.50. The number of nitrogens with one attached hydrogen (secondary N) is 1. The molecule has 2 fully saturated rings. The lowest BCUT2D eigenvalue weighted by Gasteiger charge is -2.37. The fraction of sp³-hybridized carbons (Fsp3) is 0.636. The van der Waals surface area contributed by atoms with Crippen LogP contribution in [0.1, 0.15) is 33.1 Å². The molecule has 2 aliphatic rings. The van der Waals surface area contributed by atoms with Crippen molar-refractivity contribution in [2.24, 2.45) is 0 Å². The first-order valence-corrected chi connectivity index (χ1v) is 10.7. The van der Waals surface area contributed by atoms with E-state index in [4.69, 9.17) is 4.74 Å². The van der Waals surface area contributed by atoms with Crippen molar-refractivity contribution in [2.75, 3.05) is 51.3 Å². The fourth-order valence-electron chi connectivity index (χ4n) is 4.37. The number of carbonyl (C=O) groups excluding carboxylic acids is 2. The van der Waals surface area contributed by atoms with Crippen molar-refractivity contribution in [3.05, 3.63) is 24.3 Å². The van der Waals surface area contributed by atoms with E-state index < -0.39 is 0 Å². The lowest BCUT2D eigenvalue weighted by atomic mass is 10.1. The van der Waals surface area contributed by atoms with Gasteiger partial charge >= 0.3 is 0 Å². The van der Waals surface area contributed by atoms with Crippen LogP contribution in [-0.4, -0.2) is 80.1 Å². The van der Waals surface area contributed by atoms with Crippen molar-refractivity contribution in [2.45, 2.75) is 45.2 Å². The summed E-state index contributed by atoms with van der Waals surface area (Å²) in [5.74, 6) is 1.15. The van der Waals surface area contributed by atoms with E-state index in [2.05, 4.69) is 28.2 Å². The number of para-hydroxylation sites is 2. The first-order valence-electron chi connectivity index (χ1n) is 10.7. The van der Waals surface area contributed by atoms with Crippen LogP contribution in [0.5, 0.6) is 5.75 Å². The second-order valence-electron chi connectivity index (χ2n) is 7.96. The van der Waals surface area contributed by atoms with Gasteiger partial charge in [0.2, 0.25) is 11.8 Å². The number of hydrogen-bond acceptors (Lipinski definition) is 5. The average Bonchev–Trinajstić information content (AvgIpc) is 3.06. The molecule has 0 aromatic heterocycles. The molecule has 2 amide bonds. The van der Waals surface area contributed by atoms with Gasteiger partial charge in [-0.3, -0.25) is 14.5 Å². The fourth-order valence-corrected chi connectivity index (χ4v) is 4.37. The summed E-state index contributed by atoms with van der Waals surface area (Å²) < 4.78 is 5.76. The van der Waals surface area contributed by atoms with Gasteiger partial charge in [-0.15, -0.1) is 0 Å². The second-order valence-corrected chi connectivity index (χ2v) is 7.96. The normalized spacial score (nSPS) is 22.6. The van der Waals surface area contributed by atoms with Gasteiger partial charge in [-0.05, 0) is 38.9 Å². The number of hydrogen-bond donors (Lipinski definition) is 1. The van der Waals surface area contributed by atoms with Gasteiger partial charge in [0.1, 0.15) is 5.75 Å². The Morgan fingerprint density at radius 1 is 1.10 bits per heavy atom. The molecule has 0 saturated carbocycles. The van der Waals surface area contributed by atoms with E-state index in [0.717, 1.165) is 50.5 Å². The molecule has 1 aromatic rings. The zero-order valence-electron chi connectivity index (χ0n) is 17.9. The maximum Gasteiger partial charge on any atom is 0.224 e. The predicted molar refractivity (Wildman–Crippen MR) is 114 cm³/mol. The summed E-state index contributed by atoms with van der Waals surface area (Å²) in [6, 6.07) is 8.70. The van der Waals surface area contributed by atoms with Crippen molar-refractivity contribution in [3.8, 4) is 5.75 Å². The van der Waals surface area contributed by atoms with E-state index in [1.807, 2.05) is 30.0 Å². The number of ether oxygens (including phenoxy) is 1. The van der Waals surface area contributed by atoms with E-state index in [9.17, 15) is 9.59 Å². The van der Waals surface area contributed by atoms with Crippen LogP contribution >= 0.6 is 0 Å². The zero-order valence-corrected chi connectivity index (χ0v) is 17.9. The molecule has 29 heavy (non-hydrogen) atoms. The Labute approximate surface area is 174 Å². The second kappa shape index (κ2) is 9.96. The molecule has 7 nitrogen and oxygen atoms in total. The molecule has 0 aliphatic carbocycles. The molecule has 2 saturated heterocycles. The molecule has 1 N–H and O–H groups in total. The molecule has 0 bridgehead atoms. The smallest absolute Gasteiger partial charge is 0.224 e. The van der Waals surface area contributed by atoms with Crippen LogP contribution in [0, 0.1) is 0 Å². The van der Waals surface area contributed by atoms with E-state index in [-0.39, 0.29) is 17.9 Å². The summed E-state index contributed by atoms with van der Waals surface area (Å²) in [6.45, 7) is 7.97. The molecule has 2 heterocycles. The van der Waals surface area contributed by atoms with E-state index in [0.29, 0.717) is 25.6 Å². The highest BCUT2D eigenvalue weighted by Crippen LogP contribution is 2.29. The Kier molecular flexibility index (Phi) is 7.36. The van der Waals surface area contributed by atoms with Crippen molar-refractivity contribution in [1.82, 2.24) is 15.1 Å². The van der Waals surface area contributed by atoms with E-state index >= 15 is 0 Å². The molecule has 0 radical (unpaired) electrons. The number of likely N-dealkylation sites (tertiary alicyclic amines) is 1. The Balaban J connectivity index is 1.49. The highest BCUT2D eigenvalue weighted by molar-refractivity contribution is 5.77. The van der Waals surface area contributed by atoms with Crippen LogP contribution in [0.25, 0.3) is 0 Å². The number of benzene rings is 1. The third kappa shape index (κ3) is 5.41. The lowest BCUT2D eigenvalue weighted by molar-refractivity contribution is -0.132. The molecule has 1 aromatic carbocycles. The third-order valence-electron chi connectivity index (χ3n) is 6.12. The standard InChI is InChI=1S/C22H34N4O3/c1-4-29-21-8-6-5-7-20(21)25-11-13-26(14-12-25)22(28)15-18-9-10-19(24(18)3)16-23-17(2)27/h5-8,18-19H,4,9-16H2,1-3H3,(H,23,27)/t18-,19+/m1/s1. The van der Waals surface area contributed by atoms with E-state index in [1.165, 1.54) is 0 Å². The van der Waals surface area contributed by atoms with Gasteiger partial charge in [0.25, 0.3) is 0 Å². The van der Waals surface area contributed by atoms with Gasteiger partial charge in [0.15, 0.2) is 0 Å². The average molecular weight is 403 g/mol. The molecule has 0 spiro atoms. The van der Waals surface area contributed by atoms with Crippen LogP contribution in [-0.2, 0) is 9.59 Å². The van der Waals surface area contributed by atoms with Crippen molar-refractivity contribution < 1.29 is 14.3 Å². The summed E-state index contributed by atoms with van der Waals surface area (Å²) in [7, 11) is 2.07. The number of amides is 2. The van der Waals surface area contributed by atoms with Gasteiger partial charge in [-0.25, -0.2) is 0 Å². The number of anilines is 1. The van der Waals surface area contributed by atoms with Crippen molar-refractivity contribution >= 4 is 17.5 Å². The summed E-state index contributed by atoms with van der Waals surface area (Å²) in [5.41, 5.74) is 1.11. The molecular formula is C22H34N4O3. The quantitative estimate of drug-likeness (QED) is 0.752. The first kappa shape index (κ1) is 21.4. The van der Waals surface area contributed by atoms with Gasteiger partial charge in [-0.2, -0.15) is 0 Å². The van der Waals surface area contributed by atoms with Crippen LogP contribution in [0.15, 0.2) is 24.3 Å². The molecule has 0 unspecified atom stereocenters. The number of likely N-dealkylation sites (N-methyl/N-ethyl adjacent to an activating group) is 1. The highest BCUT2D eigenvalue weighted by atomic mass is 16.5. The van der Waals surface area contributed by atoms with Crippen molar-refractivity contribution in [3.63, 3.8) is 0 Å². The molecular weight excluding hydrogens is 368 g/mol. The molecule has 7 heteroatoms. The third-order valence-corrected chi connectivity index (χ3v) is 6.12. The Morgan fingerprint density at radius 2 is 1.79 bits per heavy atom. The molecule has 2 atom stereocenters. The molecule has 2 aliphatic heterocycles. The number of piperazine rings is 1. The SMILES string of the molecule is CCOc1ccccc1N1CCN(C(=O)C[C@H]2CC[C@@H](CNC(C)=O)N2C)CC1. The van der Waals surface area contributed by atoms with Gasteiger partial charge in [-0.1, -0.05) is 12.1 Å². The van der Waals surface area contributed by atoms with Gasteiger partial charge < -0.3 is 19.9 Å². The Morgan fingerprint density at radius 3 is 2.48 bits per heavy atom.